The second-order valence-corrected chi connectivity index (χ2v) is 7.69. The van der Waals surface area contributed by atoms with Crippen molar-refractivity contribution in [3.05, 3.63) is 41.4 Å². The van der Waals surface area contributed by atoms with Crippen molar-refractivity contribution in [1.29, 1.82) is 0 Å². The Bertz CT molecular complexity index is 666. The lowest BCUT2D eigenvalue weighted by molar-refractivity contribution is -0.137. The van der Waals surface area contributed by atoms with Crippen LogP contribution in [-0.4, -0.2) is 50.3 Å². The summed E-state index contributed by atoms with van der Waals surface area (Å²) < 4.78 is 63.8. The van der Waals surface area contributed by atoms with Gasteiger partial charge in [0, 0.05) is 37.8 Å². The van der Waals surface area contributed by atoms with Gasteiger partial charge in [-0.3, -0.25) is 4.90 Å². The van der Waals surface area contributed by atoms with Crippen molar-refractivity contribution in [2.45, 2.75) is 11.1 Å². The van der Waals surface area contributed by atoms with Gasteiger partial charge in [-0.2, -0.15) is 17.5 Å². The van der Waals surface area contributed by atoms with Gasteiger partial charge in [-0.25, -0.2) is 8.42 Å². The Morgan fingerprint density at radius 3 is 2.09 bits per heavy atom. The molecule has 9 heteroatoms. The molecule has 0 aliphatic carbocycles. The van der Waals surface area contributed by atoms with Crippen LogP contribution in [0, 0.1) is 0 Å². The molecule has 0 amide bonds. The van der Waals surface area contributed by atoms with Crippen molar-refractivity contribution in [2.24, 2.45) is 0 Å². The minimum atomic E-state index is -4.49. The number of sulfonamides is 1. The molecule has 128 valence electrons. The van der Waals surface area contributed by atoms with E-state index in [9.17, 15) is 21.6 Å². The van der Waals surface area contributed by atoms with Gasteiger partial charge in [-0.1, -0.05) is 18.2 Å². The van der Waals surface area contributed by atoms with E-state index < -0.39 is 21.8 Å². The van der Waals surface area contributed by atoms with Crippen molar-refractivity contribution in [3.63, 3.8) is 0 Å². The SMILES string of the molecule is C=C(Cl)CN1CCN(S(=O)(=O)c2ccc(C(F)(F)F)cc2)CC1. The lowest BCUT2D eigenvalue weighted by Gasteiger charge is -2.33. The predicted octanol–water partition coefficient (Wildman–Crippen LogP) is 2.76. The molecule has 1 saturated heterocycles. The summed E-state index contributed by atoms with van der Waals surface area (Å²) in [6.45, 7) is 5.57. The number of halogens is 4. The van der Waals surface area contributed by atoms with Crippen molar-refractivity contribution in [3.8, 4) is 0 Å². The molecule has 23 heavy (non-hydrogen) atoms. The van der Waals surface area contributed by atoms with Crippen LogP contribution < -0.4 is 0 Å². The van der Waals surface area contributed by atoms with Crippen LogP contribution in [0.15, 0.2) is 40.8 Å². The van der Waals surface area contributed by atoms with E-state index in [0.717, 1.165) is 24.3 Å². The summed E-state index contributed by atoms with van der Waals surface area (Å²) in [5.41, 5.74) is -0.873. The number of hydrogen-bond donors (Lipinski definition) is 0. The topological polar surface area (TPSA) is 40.6 Å². The van der Waals surface area contributed by atoms with Crippen molar-refractivity contribution < 1.29 is 21.6 Å². The Kier molecular flexibility index (Phi) is 5.40. The van der Waals surface area contributed by atoms with E-state index >= 15 is 0 Å². The van der Waals surface area contributed by atoms with E-state index in [1.165, 1.54) is 4.31 Å². The van der Waals surface area contributed by atoms with Crippen LogP contribution in [0.2, 0.25) is 0 Å². The summed E-state index contributed by atoms with van der Waals surface area (Å²) in [7, 11) is -3.79. The maximum atomic E-state index is 12.5. The van der Waals surface area contributed by atoms with Gasteiger partial charge in [-0.15, -0.1) is 0 Å². The summed E-state index contributed by atoms with van der Waals surface area (Å²) in [5, 5.41) is 0.476. The van der Waals surface area contributed by atoms with E-state index in [2.05, 4.69) is 6.58 Å². The summed E-state index contributed by atoms with van der Waals surface area (Å²) in [6, 6.07) is 3.54. The quantitative estimate of drug-likeness (QED) is 0.820. The van der Waals surface area contributed by atoms with E-state index in [1.54, 1.807) is 0 Å². The number of rotatable bonds is 4. The van der Waals surface area contributed by atoms with E-state index in [0.29, 0.717) is 24.7 Å². The van der Waals surface area contributed by atoms with Crippen molar-refractivity contribution in [1.82, 2.24) is 9.21 Å². The number of piperazine rings is 1. The molecule has 1 fully saturated rings. The molecular formula is C14H16ClF3N2O2S. The molecule has 4 nitrogen and oxygen atoms in total. The summed E-state index contributed by atoms with van der Waals surface area (Å²) in [5.74, 6) is 0. The normalized spacial score (nSPS) is 18.1. The molecule has 0 atom stereocenters. The first-order valence-electron chi connectivity index (χ1n) is 6.84. The van der Waals surface area contributed by atoms with Gasteiger partial charge in [0.1, 0.15) is 0 Å². The summed E-state index contributed by atoms with van der Waals surface area (Å²) in [6.07, 6.45) is -4.49. The van der Waals surface area contributed by atoms with E-state index in [1.807, 2.05) is 4.90 Å². The molecule has 1 heterocycles. The number of benzene rings is 1. The van der Waals surface area contributed by atoms with Crippen LogP contribution >= 0.6 is 11.6 Å². The van der Waals surface area contributed by atoms with Crippen molar-refractivity contribution >= 4 is 21.6 Å². The molecule has 0 unspecified atom stereocenters. The summed E-state index contributed by atoms with van der Waals surface area (Å²) >= 11 is 5.73. The fraction of sp³-hybridized carbons (Fsp3) is 0.429. The van der Waals surface area contributed by atoms with Gasteiger partial charge in [0.25, 0.3) is 0 Å². The van der Waals surface area contributed by atoms with Crippen LogP contribution in [0.3, 0.4) is 0 Å². The molecule has 0 radical (unpaired) electrons. The highest BCUT2D eigenvalue weighted by Crippen LogP contribution is 2.30. The Morgan fingerprint density at radius 2 is 1.65 bits per heavy atom. The zero-order valence-electron chi connectivity index (χ0n) is 12.2. The van der Waals surface area contributed by atoms with Gasteiger partial charge in [0.15, 0.2) is 0 Å². The minimum absolute atomic E-state index is 0.138. The van der Waals surface area contributed by atoms with Crippen LogP contribution in [0.4, 0.5) is 13.2 Å². The molecular weight excluding hydrogens is 353 g/mol. The van der Waals surface area contributed by atoms with E-state index in [-0.39, 0.29) is 18.0 Å². The van der Waals surface area contributed by atoms with Gasteiger partial charge in [-0.05, 0) is 24.3 Å². The molecule has 1 aromatic rings. The van der Waals surface area contributed by atoms with Gasteiger partial charge >= 0.3 is 6.18 Å². The van der Waals surface area contributed by atoms with Crippen LogP contribution in [0.25, 0.3) is 0 Å². The number of nitrogens with zero attached hydrogens (tertiary/aromatic N) is 2. The monoisotopic (exact) mass is 368 g/mol. The maximum absolute atomic E-state index is 12.5. The molecule has 0 N–H and O–H groups in total. The molecule has 0 bridgehead atoms. The first-order chi connectivity index (χ1) is 10.6. The van der Waals surface area contributed by atoms with Crippen molar-refractivity contribution in [2.75, 3.05) is 32.7 Å². The van der Waals surface area contributed by atoms with Gasteiger partial charge < -0.3 is 0 Å². The molecule has 2 rings (SSSR count). The first-order valence-corrected chi connectivity index (χ1v) is 8.65. The fourth-order valence-corrected chi connectivity index (χ4v) is 3.93. The summed E-state index contributed by atoms with van der Waals surface area (Å²) in [4.78, 5) is 1.83. The average molecular weight is 369 g/mol. The number of hydrogen-bond acceptors (Lipinski definition) is 3. The lowest BCUT2D eigenvalue weighted by atomic mass is 10.2. The minimum Gasteiger partial charge on any atom is -0.296 e. The van der Waals surface area contributed by atoms with Crippen LogP contribution in [-0.2, 0) is 16.2 Å². The molecule has 1 aliphatic heterocycles. The highest BCUT2D eigenvalue weighted by molar-refractivity contribution is 7.89. The molecule has 0 aromatic heterocycles. The third-order valence-electron chi connectivity index (χ3n) is 3.55. The lowest BCUT2D eigenvalue weighted by Crippen LogP contribution is -2.48. The second kappa shape index (κ2) is 6.80. The van der Waals surface area contributed by atoms with Crippen LogP contribution in [0.1, 0.15) is 5.56 Å². The highest BCUT2D eigenvalue weighted by atomic mass is 35.5. The Hall–Kier alpha value is -1.09. The molecule has 0 spiro atoms. The molecule has 1 aromatic carbocycles. The van der Waals surface area contributed by atoms with Gasteiger partial charge in [0.2, 0.25) is 10.0 Å². The maximum Gasteiger partial charge on any atom is 0.416 e. The molecule has 0 saturated carbocycles. The zero-order valence-corrected chi connectivity index (χ0v) is 13.8. The largest absolute Gasteiger partial charge is 0.416 e. The smallest absolute Gasteiger partial charge is 0.296 e. The second-order valence-electron chi connectivity index (χ2n) is 5.22. The fourth-order valence-electron chi connectivity index (χ4n) is 2.34. The van der Waals surface area contributed by atoms with Crippen LogP contribution in [0.5, 0.6) is 0 Å². The average Bonchev–Trinajstić information content (AvgIpc) is 2.46. The first kappa shape index (κ1) is 18.3. The Morgan fingerprint density at radius 1 is 1.13 bits per heavy atom. The molecule has 1 aliphatic rings. The highest BCUT2D eigenvalue weighted by Gasteiger charge is 2.32. The Labute approximate surface area is 138 Å². The Balaban J connectivity index is 2.09. The zero-order chi connectivity index (χ0) is 17.3. The standard InChI is InChI=1S/C14H16ClF3N2O2S/c1-11(15)10-19-6-8-20(9-7-19)23(21,22)13-4-2-12(3-5-13)14(16,17)18/h2-5H,1,6-10H2. The predicted molar refractivity (Wildman–Crippen MR) is 81.6 cm³/mol. The third-order valence-corrected chi connectivity index (χ3v) is 5.58. The van der Waals surface area contributed by atoms with E-state index in [4.69, 9.17) is 11.6 Å². The number of alkyl halides is 3. The van der Waals surface area contributed by atoms with Gasteiger partial charge in [0.05, 0.1) is 10.5 Å². The third kappa shape index (κ3) is 4.47.